The maximum Gasteiger partial charge on any atom is 0.134 e. The van der Waals surface area contributed by atoms with Crippen LogP contribution in [0.1, 0.15) is 38.9 Å². The van der Waals surface area contributed by atoms with Crippen LogP contribution in [-0.2, 0) is 6.42 Å². The largest absolute Gasteiger partial charge is 0.370 e. The van der Waals surface area contributed by atoms with Crippen molar-refractivity contribution in [3.05, 3.63) is 11.9 Å². The number of anilines is 2. The standard InChI is InChI=1S/C16H29N5/c1-5-7-14-18-15(17-9-6-2)11-16(19-14)21-10-8-13(12-21)20(3)4/h11,13H,5-10,12H2,1-4H3,(H,17,18,19). The maximum atomic E-state index is 4.76. The molecule has 1 aromatic heterocycles. The minimum Gasteiger partial charge on any atom is -0.370 e. The molecule has 1 aromatic rings. The van der Waals surface area contributed by atoms with Crippen LogP contribution in [-0.4, -0.2) is 54.6 Å². The number of aromatic nitrogens is 2. The second-order valence-electron chi connectivity index (χ2n) is 6.06. The molecule has 1 saturated heterocycles. The smallest absolute Gasteiger partial charge is 0.134 e. The van der Waals surface area contributed by atoms with E-state index in [0.29, 0.717) is 6.04 Å². The molecule has 1 N–H and O–H groups in total. The van der Waals surface area contributed by atoms with E-state index in [2.05, 4.69) is 54.1 Å². The second kappa shape index (κ2) is 7.59. The maximum absolute atomic E-state index is 4.76. The summed E-state index contributed by atoms with van der Waals surface area (Å²) in [7, 11) is 4.32. The van der Waals surface area contributed by atoms with Gasteiger partial charge in [0.2, 0.25) is 0 Å². The highest BCUT2D eigenvalue weighted by Crippen LogP contribution is 2.23. The van der Waals surface area contributed by atoms with Crippen LogP contribution in [0.15, 0.2) is 6.07 Å². The molecule has 0 bridgehead atoms. The summed E-state index contributed by atoms with van der Waals surface area (Å²) in [5.41, 5.74) is 0. The van der Waals surface area contributed by atoms with Gasteiger partial charge in [0.15, 0.2) is 0 Å². The molecule has 1 fully saturated rings. The molecule has 5 heteroatoms. The Labute approximate surface area is 128 Å². The van der Waals surface area contributed by atoms with Crippen LogP contribution in [0.2, 0.25) is 0 Å². The summed E-state index contributed by atoms with van der Waals surface area (Å²) in [6, 6.07) is 2.73. The van der Waals surface area contributed by atoms with Gasteiger partial charge >= 0.3 is 0 Å². The van der Waals surface area contributed by atoms with Crippen molar-refractivity contribution in [3.63, 3.8) is 0 Å². The van der Waals surface area contributed by atoms with Crippen molar-refractivity contribution in [3.8, 4) is 0 Å². The molecular formula is C16H29N5. The Bertz CT molecular complexity index is 446. The van der Waals surface area contributed by atoms with Gasteiger partial charge in [-0.15, -0.1) is 0 Å². The second-order valence-corrected chi connectivity index (χ2v) is 6.06. The fourth-order valence-corrected chi connectivity index (χ4v) is 2.70. The van der Waals surface area contributed by atoms with Crippen molar-refractivity contribution < 1.29 is 0 Å². The fraction of sp³-hybridized carbons (Fsp3) is 0.750. The van der Waals surface area contributed by atoms with Crippen molar-refractivity contribution in [2.24, 2.45) is 0 Å². The molecule has 0 aliphatic carbocycles. The van der Waals surface area contributed by atoms with Crippen LogP contribution < -0.4 is 10.2 Å². The fourth-order valence-electron chi connectivity index (χ4n) is 2.70. The Kier molecular flexibility index (Phi) is 5.79. The average Bonchev–Trinajstić information content (AvgIpc) is 2.95. The molecule has 1 aliphatic heterocycles. The first-order valence-electron chi connectivity index (χ1n) is 8.17. The molecular weight excluding hydrogens is 262 g/mol. The van der Waals surface area contributed by atoms with Gasteiger partial charge in [-0.3, -0.25) is 0 Å². The number of aryl methyl sites for hydroxylation is 1. The van der Waals surface area contributed by atoms with Crippen molar-refractivity contribution >= 4 is 11.6 Å². The molecule has 1 aliphatic rings. The van der Waals surface area contributed by atoms with Crippen LogP contribution in [0.3, 0.4) is 0 Å². The van der Waals surface area contributed by atoms with Gasteiger partial charge in [-0.2, -0.15) is 0 Å². The van der Waals surface area contributed by atoms with Crippen LogP contribution in [0.25, 0.3) is 0 Å². The van der Waals surface area contributed by atoms with E-state index in [4.69, 9.17) is 4.98 Å². The molecule has 0 spiro atoms. The molecule has 1 atom stereocenters. The summed E-state index contributed by atoms with van der Waals surface area (Å²) in [5.74, 6) is 3.01. The van der Waals surface area contributed by atoms with E-state index in [1.165, 1.54) is 6.42 Å². The third-order valence-corrected chi connectivity index (χ3v) is 4.01. The first-order valence-corrected chi connectivity index (χ1v) is 8.17. The molecule has 0 radical (unpaired) electrons. The highest BCUT2D eigenvalue weighted by Gasteiger charge is 2.25. The summed E-state index contributed by atoms with van der Waals surface area (Å²) in [4.78, 5) is 14.1. The predicted octanol–water partition coefficient (Wildman–Crippen LogP) is 2.39. The van der Waals surface area contributed by atoms with Gasteiger partial charge in [0.1, 0.15) is 17.5 Å². The van der Waals surface area contributed by atoms with Crippen molar-refractivity contribution in [2.45, 2.75) is 45.6 Å². The summed E-state index contributed by atoms with van der Waals surface area (Å²) in [6.07, 6.45) is 4.34. The summed E-state index contributed by atoms with van der Waals surface area (Å²) >= 11 is 0. The van der Waals surface area contributed by atoms with Gasteiger partial charge in [0, 0.05) is 38.2 Å². The summed E-state index contributed by atoms with van der Waals surface area (Å²) in [5, 5.41) is 3.40. The van der Waals surface area contributed by atoms with Gasteiger partial charge in [-0.25, -0.2) is 9.97 Å². The molecule has 0 aromatic carbocycles. The molecule has 1 unspecified atom stereocenters. The number of likely N-dealkylation sites (N-methyl/N-ethyl adjacent to an activating group) is 1. The van der Waals surface area contributed by atoms with Crippen LogP contribution in [0.4, 0.5) is 11.6 Å². The predicted molar refractivity (Wildman–Crippen MR) is 89.1 cm³/mol. The molecule has 5 nitrogen and oxygen atoms in total. The first-order chi connectivity index (χ1) is 10.1. The van der Waals surface area contributed by atoms with Crippen molar-refractivity contribution in [1.82, 2.24) is 14.9 Å². The highest BCUT2D eigenvalue weighted by molar-refractivity contribution is 5.50. The van der Waals surface area contributed by atoms with Crippen molar-refractivity contribution in [2.75, 3.05) is 43.9 Å². The molecule has 0 saturated carbocycles. The van der Waals surface area contributed by atoms with Gasteiger partial charge in [-0.1, -0.05) is 13.8 Å². The highest BCUT2D eigenvalue weighted by atomic mass is 15.3. The van der Waals surface area contributed by atoms with Gasteiger partial charge < -0.3 is 15.1 Å². The van der Waals surface area contributed by atoms with Gasteiger partial charge in [0.05, 0.1) is 0 Å². The minimum atomic E-state index is 0.627. The Balaban J connectivity index is 2.15. The summed E-state index contributed by atoms with van der Waals surface area (Å²) < 4.78 is 0. The Morgan fingerprint density at radius 1 is 1.29 bits per heavy atom. The van der Waals surface area contributed by atoms with E-state index in [-0.39, 0.29) is 0 Å². The molecule has 2 heterocycles. The van der Waals surface area contributed by atoms with E-state index in [0.717, 1.165) is 56.4 Å². The third kappa shape index (κ3) is 4.30. The average molecular weight is 291 g/mol. The van der Waals surface area contributed by atoms with E-state index in [1.807, 2.05) is 0 Å². The van der Waals surface area contributed by atoms with Crippen molar-refractivity contribution in [1.29, 1.82) is 0 Å². The number of rotatable bonds is 7. The topological polar surface area (TPSA) is 44.3 Å². The lowest BCUT2D eigenvalue weighted by Gasteiger charge is -2.22. The minimum absolute atomic E-state index is 0.627. The Hall–Kier alpha value is -1.36. The van der Waals surface area contributed by atoms with E-state index < -0.39 is 0 Å². The van der Waals surface area contributed by atoms with Gasteiger partial charge in [-0.05, 0) is 33.4 Å². The lowest BCUT2D eigenvalue weighted by molar-refractivity contribution is 0.315. The third-order valence-electron chi connectivity index (χ3n) is 4.01. The van der Waals surface area contributed by atoms with Crippen LogP contribution in [0, 0.1) is 0 Å². The SMILES string of the molecule is CCCNc1cc(N2CCC(N(C)C)C2)nc(CCC)n1. The molecule has 2 rings (SSSR count). The van der Waals surface area contributed by atoms with E-state index >= 15 is 0 Å². The van der Waals surface area contributed by atoms with E-state index in [1.54, 1.807) is 0 Å². The first kappa shape index (κ1) is 16.0. The normalized spacial score (nSPS) is 18.5. The summed E-state index contributed by atoms with van der Waals surface area (Å²) in [6.45, 7) is 7.45. The quantitative estimate of drug-likeness (QED) is 0.835. The zero-order chi connectivity index (χ0) is 15.2. The zero-order valence-electron chi connectivity index (χ0n) is 13.9. The number of nitrogens with one attached hydrogen (secondary N) is 1. The number of hydrogen-bond donors (Lipinski definition) is 1. The zero-order valence-corrected chi connectivity index (χ0v) is 13.9. The Morgan fingerprint density at radius 3 is 2.71 bits per heavy atom. The van der Waals surface area contributed by atoms with Gasteiger partial charge in [0.25, 0.3) is 0 Å². The van der Waals surface area contributed by atoms with Crippen LogP contribution >= 0.6 is 0 Å². The Morgan fingerprint density at radius 2 is 2.10 bits per heavy atom. The monoisotopic (exact) mass is 291 g/mol. The van der Waals surface area contributed by atoms with E-state index in [9.17, 15) is 0 Å². The van der Waals surface area contributed by atoms with Crippen LogP contribution in [0.5, 0.6) is 0 Å². The molecule has 0 amide bonds. The number of hydrogen-bond acceptors (Lipinski definition) is 5. The lowest BCUT2D eigenvalue weighted by Crippen LogP contribution is -2.31. The number of nitrogens with zero attached hydrogens (tertiary/aromatic N) is 4. The molecule has 21 heavy (non-hydrogen) atoms. The molecule has 118 valence electrons. The lowest BCUT2D eigenvalue weighted by atomic mass is 10.2.